The van der Waals surface area contributed by atoms with Crippen molar-refractivity contribution in [1.82, 2.24) is 14.7 Å². The molecular weight excluding hydrogens is 360 g/mol. The number of imide groups is 1. The summed E-state index contributed by atoms with van der Waals surface area (Å²) in [7, 11) is 3.49. The SMILES string of the molecule is CN(C)C(=O)C[NH+]1CCN(C(=O)CCCN2C(=O)c3ccccc3C2=O)CC1. The summed E-state index contributed by atoms with van der Waals surface area (Å²) in [5, 5.41) is 0. The fourth-order valence-corrected chi connectivity index (χ4v) is 3.61. The largest absolute Gasteiger partial charge is 0.344 e. The van der Waals surface area contributed by atoms with Gasteiger partial charge in [0.05, 0.1) is 37.3 Å². The number of carbonyl (C=O) groups excluding carboxylic acids is 4. The third-order valence-corrected chi connectivity index (χ3v) is 5.37. The maximum atomic E-state index is 12.4. The minimum atomic E-state index is -0.282. The van der Waals surface area contributed by atoms with E-state index in [-0.39, 0.29) is 30.2 Å². The van der Waals surface area contributed by atoms with Crippen LogP contribution in [0.2, 0.25) is 0 Å². The molecule has 150 valence electrons. The number of likely N-dealkylation sites (N-methyl/N-ethyl adjacent to an activating group) is 1. The molecular formula is C20H27N4O4+. The molecule has 1 aromatic carbocycles. The highest BCUT2D eigenvalue weighted by atomic mass is 16.2. The van der Waals surface area contributed by atoms with Gasteiger partial charge < -0.3 is 14.7 Å². The molecule has 1 fully saturated rings. The highest BCUT2D eigenvalue weighted by Crippen LogP contribution is 2.22. The van der Waals surface area contributed by atoms with Crippen LogP contribution in [-0.4, -0.2) is 91.7 Å². The summed E-state index contributed by atoms with van der Waals surface area (Å²) in [5.41, 5.74) is 0.871. The molecule has 1 saturated heterocycles. The van der Waals surface area contributed by atoms with Crippen LogP contribution in [0, 0.1) is 0 Å². The molecule has 28 heavy (non-hydrogen) atoms. The van der Waals surface area contributed by atoms with E-state index in [0.29, 0.717) is 43.6 Å². The first-order chi connectivity index (χ1) is 13.4. The zero-order valence-electron chi connectivity index (χ0n) is 16.4. The number of piperazine rings is 1. The number of nitrogens with one attached hydrogen (secondary N) is 1. The van der Waals surface area contributed by atoms with Crippen LogP contribution in [0.15, 0.2) is 24.3 Å². The summed E-state index contributed by atoms with van der Waals surface area (Å²) in [5.74, 6) is -0.433. The highest BCUT2D eigenvalue weighted by Gasteiger charge is 2.34. The molecule has 2 heterocycles. The summed E-state index contributed by atoms with van der Waals surface area (Å²) in [6.45, 7) is 3.46. The molecule has 0 unspecified atom stereocenters. The Labute approximate surface area is 164 Å². The number of benzene rings is 1. The van der Waals surface area contributed by atoms with Crippen molar-refractivity contribution in [3.63, 3.8) is 0 Å². The average molecular weight is 387 g/mol. The van der Waals surface area contributed by atoms with Crippen molar-refractivity contribution in [1.29, 1.82) is 0 Å². The molecule has 8 heteroatoms. The van der Waals surface area contributed by atoms with E-state index in [2.05, 4.69) is 0 Å². The van der Waals surface area contributed by atoms with Crippen LogP contribution in [0.4, 0.5) is 0 Å². The third-order valence-electron chi connectivity index (χ3n) is 5.37. The Morgan fingerprint density at radius 2 is 1.61 bits per heavy atom. The molecule has 0 atom stereocenters. The number of amides is 4. The van der Waals surface area contributed by atoms with Gasteiger partial charge in [-0.2, -0.15) is 0 Å². The van der Waals surface area contributed by atoms with E-state index in [1.807, 2.05) is 4.90 Å². The molecule has 2 aliphatic heterocycles. The van der Waals surface area contributed by atoms with E-state index in [1.54, 1.807) is 43.3 Å². The van der Waals surface area contributed by atoms with Gasteiger partial charge in [-0.25, -0.2) is 0 Å². The summed E-state index contributed by atoms with van der Waals surface area (Å²) in [6, 6.07) is 6.79. The lowest BCUT2D eigenvalue weighted by Gasteiger charge is -2.32. The molecule has 1 N–H and O–H groups in total. The van der Waals surface area contributed by atoms with Crippen molar-refractivity contribution in [2.24, 2.45) is 0 Å². The number of hydrogen-bond acceptors (Lipinski definition) is 4. The molecule has 0 aliphatic carbocycles. The predicted molar refractivity (Wildman–Crippen MR) is 102 cm³/mol. The maximum Gasteiger partial charge on any atom is 0.277 e. The van der Waals surface area contributed by atoms with Crippen LogP contribution >= 0.6 is 0 Å². The first kappa shape index (κ1) is 20.0. The third kappa shape index (κ3) is 4.22. The van der Waals surface area contributed by atoms with E-state index in [4.69, 9.17) is 0 Å². The lowest BCUT2D eigenvalue weighted by atomic mass is 10.1. The number of quaternary nitrogens is 1. The molecule has 0 spiro atoms. The van der Waals surface area contributed by atoms with Crippen molar-refractivity contribution in [3.05, 3.63) is 35.4 Å². The number of fused-ring (bicyclic) bond motifs is 1. The predicted octanol–water partition coefficient (Wildman–Crippen LogP) is -1.12. The van der Waals surface area contributed by atoms with Crippen LogP contribution in [-0.2, 0) is 9.59 Å². The fourth-order valence-electron chi connectivity index (χ4n) is 3.61. The molecule has 8 nitrogen and oxygen atoms in total. The van der Waals surface area contributed by atoms with Crippen LogP contribution in [0.3, 0.4) is 0 Å². The lowest BCUT2D eigenvalue weighted by molar-refractivity contribution is -0.896. The van der Waals surface area contributed by atoms with Gasteiger partial charge in [0.1, 0.15) is 0 Å². The minimum absolute atomic E-state index is 0.0367. The van der Waals surface area contributed by atoms with Crippen molar-refractivity contribution < 1.29 is 24.1 Å². The Morgan fingerprint density at radius 3 is 2.14 bits per heavy atom. The van der Waals surface area contributed by atoms with Crippen LogP contribution in [0.5, 0.6) is 0 Å². The lowest BCUT2D eigenvalue weighted by Crippen LogP contribution is -3.15. The highest BCUT2D eigenvalue weighted by molar-refractivity contribution is 6.21. The Hall–Kier alpha value is -2.74. The van der Waals surface area contributed by atoms with Crippen LogP contribution in [0.1, 0.15) is 33.6 Å². The molecule has 3 rings (SSSR count). The summed E-state index contributed by atoms with van der Waals surface area (Å²) in [6.07, 6.45) is 0.760. The Bertz CT molecular complexity index is 749. The van der Waals surface area contributed by atoms with Gasteiger partial charge in [-0.05, 0) is 18.6 Å². The van der Waals surface area contributed by atoms with E-state index in [1.165, 1.54) is 9.80 Å². The Morgan fingerprint density at radius 1 is 1.04 bits per heavy atom. The number of rotatable bonds is 6. The maximum absolute atomic E-state index is 12.4. The molecule has 0 aromatic heterocycles. The second-order valence-electron chi connectivity index (χ2n) is 7.51. The summed E-state index contributed by atoms with van der Waals surface area (Å²) >= 11 is 0. The first-order valence-electron chi connectivity index (χ1n) is 9.65. The van der Waals surface area contributed by atoms with E-state index < -0.39 is 0 Å². The Balaban J connectivity index is 1.42. The minimum Gasteiger partial charge on any atom is -0.344 e. The topological polar surface area (TPSA) is 82.4 Å². The molecule has 0 saturated carbocycles. The van der Waals surface area contributed by atoms with Crippen LogP contribution < -0.4 is 4.90 Å². The van der Waals surface area contributed by atoms with E-state index >= 15 is 0 Å². The van der Waals surface area contributed by atoms with Crippen LogP contribution in [0.25, 0.3) is 0 Å². The Kier molecular flexibility index (Phi) is 6.08. The van der Waals surface area contributed by atoms with Gasteiger partial charge in [-0.1, -0.05) is 12.1 Å². The number of hydrogen-bond donors (Lipinski definition) is 1. The standard InChI is InChI=1S/C20H26N4O4/c1-21(2)18(26)14-22-10-12-23(13-11-22)17(25)8-5-9-24-19(27)15-6-3-4-7-16(15)20(24)28/h3-4,6-7H,5,8-14H2,1-2H3/p+1. The van der Waals surface area contributed by atoms with Crippen molar-refractivity contribution >= 4 is 23.6 Å². The molecule has 4 amide bonds. The molecule has 2 aliphatic rings. The first-order valence-corrected chi connectivity index (χ1v) is 9.65. The van der Waals surface area contributed by atoms with Gasteiger partial charge in [-0.15, -0.1) is 0 Å². The zero-order valence-corrected chi connectivity index (χ0v) is 16.4. The van der Waals surface area contributed by atoms with Gasteiger partial charge >= 0.3 is 0 Å². The van der Waals surface area contributed by atoms with Gasteiger partial charge in [0, 0.05) is 27.1 Å². The van der Waals surface area contributed by atoms with Gasteiger partial charge in [0.15, 0.2) is 6.54 Å². The summed E-state index contributed by atoms with van der Waals surface area (Å²) in [4.78, 5) is 54.7. The van der Waals surface area contributed by atoms with E-state index in [9.17, 15) is 19.2 Å². The molecule has 0 radical (unpaired) electrons. The molecule has 0 bridgehead atoms. The molecule has 1 aromatic rings. The van der Waals surface area contributed by atoms with E-state index in [0.717, 1.165) is 13.1 Å². The smallest absolute Gasteiger partial charge is 0.277 e. The second kappa shape index (κ2) is 8.52. The summed E-state index contributed by atoms with van der Waals surface area (Å²) < 4.78 is 0. The van der Waals surface area contributed by atoms with Crippen molar-refractivity contribution in [2.75, 3.05) is 53.4 Å². The number of carbonyl (C=O) groups is 4. The van der Waals surface area contributed by atoms with Gasteiger partial charge in [-0.3, -0.25) is 24.1 Å². The normalized spacial score (nSPS) is 17.1. The average Bonchev–Trinajstić information content (AvgIpc) is 2.93. The monoisotopic (exact) mass is 387 g/mol. The van der Waals surface area contributed by atoms with Gasteiger partial charge in [0.25, 0.3) is 17.7 Å². The second-order valence-corrected chi connectivity index (χ2v) is 7.51. The van der Waals surface area contributed by atoms with Crippen molar-refractivity contribution in [3.8, 4) is 0 Å². The van der Waals surface area contributed by atoms with Gasteiger partial charge in [0.2, 0.25) is 5.91 Å². The zero-order chi connectivity index (χ0) is 20.3. The quantitative estimate of drug-likeness (QED) is 0.627. The van der Waals surface area contributed by atoms with Crippen molar-refractivity contribution in [2.45, 2.75) is 12.8 Å². The fraction of sp³-hybridized carbons (Fsp3) is 0.500. The number of nitrogens with zero attached hydrogens (tertiary/aromatic N) is 3.